The molecule has 1 aliphatic heterocycles. The Hall–Kier alpha value is -0.370. The van der Waals surface area contributed by atoms with Gasteiger partial charge in [0.1, 0.15) is 5.78 Å². The first-order valence-electron chi connectivity index (χ1n) is 7.17. The Balaban J connectivity index is 1.90. The average molecular weight is 236 g/mol. The number of fused-ring (bicyclic) bond motifs is 1. The molecule has 0 aromatic heterocycles. The minimum absolute atomic E-state index is 0.0594. The fourth-order valence-electron chi connectivity index (χ4n) is 4.33. The summed E-state index contributed by atoms with van der Waals surface area (Å²) in [6, 6.07) is 0. The van der Waals surface area contributed by atoms with Crippen molar-refractivity contribution in [3.05, 3.63) is 0 Å². The predicted molar refractivity (Wildman–Crippen MR) is 66.7 cm³/mol. The molecule has 1 unspecified atom stereocenters. The lowest BCUT2D eigenvalue weighted by molar-refractivity contribution is -0.149. The van der Waals surface area contributed by atoms with E-state index in [2.05, 4.69) is 20.8 Å². The number of carbonyl (C=O) groups is 1. The largest absolute Gasteiger partial charge is 0.369 e. The third kappa shape index (κ3) is 1.53. The van der Waals surface area contributed by atoms with Crippen LogP contribution in [-0.4, -0.2) is 18.0 Å². The molecule has 0 bridgehead atoms. The van der Waals surface area contributed by atoms with Crippen molar-refractivity contribution < 1.29 is 9.53 Å². The van der Waals surface area contributed by atoms with Gasteiger partial charge in [0.05, 0.1) is 12.2 Å². The SMILES string of the molecule is C[C@H]1CCC[C@@H]2CC[C@H](C3(C)CO3)C(=O)[C@@]21C. The molecule has 0 N–H and O–H groups in total. The van der Waals surface area contributed by atoms with Gasteiger partial charge in [-0.2, -0.15) is 0 Å². The Labute approximate surface area is 104 Å². The monoisotopic (exact) mass is 236 g/mol. The maximum Gasteiger partial charge on any atom is 0.145 e. The molecule has 2 heteroatoms. The molecule has 5 atom stereocenters. The Kier molecular flexibility index (Phi) is 2.46. The van der Waals surface area contributed by atoms with Crippen molar-refractivity contribution in [1.29, 1.82) is 0 Å². The molecule has 3 fully saturated rings. The Morgan fingerprint density at radius 1 is 1.18 bits per heavy atom. The highest BCUT2D eigenvalue weighted by Gasteiger charge is 2.59. The first kappa shape index (κ1) is 11.7. The molecular formula is C15H24O2. The third-order valence-corrected chi connectivity index (χ3v) is 6.05. The molecule has 3 rings (SSSR count). The first-order chi connectivity index (χ1) is 7.98. The zero-order chi connectivity index (χ0) is 12.3. The zero-order valence-corrected chi connectivity index (χ0v) is 11.3. The van der Waals surface area contributed by atoms with E-state index in [9.17, 15) is 4.79 Å². The van der Waals surface area contributed by atoms with Gasteiger partial charge >= 0.3 is 0 Å². The number of rotatable bonds is 1. The summed E-state index contributed by atoms with van der Waals surface area (Å²) >= 11 is 0. The van der Waals surface area contributed by atoms with Gasteiger partial charge in [0.2, 0.25) is 0 Å². The molecule has 96 valence electrons. The number of carbonyl (C=O) groups excluding carboxylic acids is 1. The highest BCUT2D eigenvalue weighted by molar-refractivity contribution is 5.89. The summed E-state index contributed by atoms with van der Waals surface area (Å²) in [6.07, 6.45) is 6.09. The summed E-state index contributed by atoms with van der Waals surface area (Å²) in [4.78, 5) is 12.9. The minimum Gasteiger partial charge on any atom is -0.369 e. The summed E-state index contributed by atoms with van der Waals surface area (Å²) in [5.41, 5.74) is -0.168. The van der Waals surface area contributed by atoms with Gasteiger partial charge in [-0.05, 0) is 44.4 Å². The van der Waals surface area contributed by atoms with Gasteiger partial charge in [-0.1, -0.05) is 20.3 Å². The number of ether oxygens (including phenoxy) is 1. The van der Waals surface area contributed by atoms with E-state index >= 15 is 0 Å². The molecule has 3 aliphatic rings. The van der Waals surface area contributed by atoms with Gasteiger partial charge in [-0.15, -0.1) is 0 Å². The second-order valence-corrected chi connectivity index (χ2v) is 6.91. The van der Waals surface area contributed by atoms with E-state index in [1.54, 1.807) is 0 Å². The van der Waals surface area contributed by atoms with Gasteiger partial charge < -0.3 is 4.74 Å². The van der Waals surface area contributed by atoms with Gasteiger partial charge in [0, 0.05) is 11.3 Å². The molecular weight excluding hydrogens is 212 g/mol. The van der Waals surface area contributed by atoms with Crippen molar-refractivity contribution in [3.8, 4) is 0 Å². The molecule has 0 amide bonds. The van der Waals surface area contributed by atoms with Crippen LogP contribution < -0.4 is 0 Å². The van der Waals surface area contributed by atoms with Gasteiger partial charge in [0.25, 0.3) is 0 Å². The molecule has 0 spiro atoms. The van der Waals surface area contributed by atoms with Crippen molar-refractivity contribution in [1.82, 2.24) is 0 Å². The molecule has 2 aliphatic carbocycles. The fraction of sp³-hybridized carbons (Fsp3) is 0.933. The topological polar surface area (TPSA) is 29.6 Å². The summed E-state index contributed by atoms with van der Waals surface area (Å²) in [5, 5.41) is 0. The van der Waals surface area contributed by atoms with Crippen molar-refractivity contribution >= 4 is 5.78 Å². The Morgan fingerprint density at radius 3 is 2.53 bits per heavy atom. The Bertz CT molecular complexity index is 345. The van der Waals surface area contributed by atoms with Crippen LogP contribution in [-0.2, 0) is 9.53 Å². The molecule has 1 saturated heterocycles. The van der Waals surface area contributed by atoms with Crippen LogP contribution in [0.1, 0.15) is 52.9 Å². The van der Waals surface area contributed by atoms with E-state index in [0.717, 1.165) is 13.0 Å². The van der Waals surface area contributed by atoms with Crippen LogP contribution in [0.15, 0.2) is 0 Å². The highest BCUT2D eigenvalue weighted by atomic mass is 16.6. The summed E-state index contributed by atoms with van der Waals surface area (Å²) in [6.45, 7) is 7.43. The lowest BCUT2D eigenvalue weighted by Gasteiger charge is -2.50. The summed E-state index contributed by atoms with van der Waals surface area (Å²) in [7, 11) is 0. The number of Topliss-reactive ketones (excluding diaryl/α,β-unsaturated/α-hetero) is 1. The van der Waals surface area contributed by atoms with E-state index in [1.807, 2.05) is 0 Å². The summed E-state index contributed by atoms with van der Waals surface area (Å²) in [5.74, 6) is 1.88. The second kappa shape index (κ2) is 3.57. The Morgan fingerprint density at radius 2 is 1.88 bits per heavy atom. The van der Waals surface area contributed by atoms with Crippen LogP contribution in [0.5, 0.6) is 0 Å². The molecule has 2 nitrogen and oxygen atoms in total. The van der Waals surface area contributed by atoms with Crippen LogP contribution in [0.3, 0.4) is 0 Å². The quantitative estimate of drug-likeness (QED) is 0.654. The van der Waals surface area contributed by atoms with E-state index in [0.29, 0.717) is 17.6 Å². The highest BCUT2D eigenvalue weighted by Crippen LogP contribution is 2.56. The van der Waals surface area contributed by atoms with Crippen molar-refractivity contribution in [2.75, 3.05) is 6.61 Å². The zero-order valence-electron chi connectivity index (χ0n) is 11.3. The number of hydrogen-bond donors (Lipinski definition) is 0. The van der Waals surface area contributed by atoms with Crippen LogP contribution in [0.2, 0.25) is 0 Å². The normalized spacial score (nSPS) is 54.3. The van der Waals surface area contributed by atoms with Crippen molar-refractivity contribution in [2.45, 2.75) is 58.5 Å². The summed E-state index contributed by atoms with van der Waals surface area (Å²) < 4.78 is 5.55. The van der Waals surface area contributed by atoms with E-state index in [4.69, 9.17) is 4.74 Å². The van der Waals surface area contributed by atoms with E-state index in [-0.39, 0.29) is 16.9 Å². The molecule has 2 saturated carbocycles. The minimum atomic E-state index is -0.109. The van der Waals surface area contributed by atoms with Crippen LogP contribution in [0.4, 0.5) is 0 Å². The van der Waals surface area contributed by atoms with E-state index in [1.165, 1.54) is 25.7 Å². The smallest absolute Gasteiger partial charge is 0.145 e. The molecule has 0 aromatic rings. The number of epoxide rings is 1. The van der Waals surface area contributed by atoms with Crippen LogP contribution in [0, 0.1) is 23.2 Å². The van der Waals surface area contributed by atoms with Crippen molar-refractivity contribution in [3.63, 3.8) is 0 Å². The van der Waals surface area contributed by atoms with Crippen LogP contribution in [0.25, 0.3) is 0 Å². The van der Waals surface area contributed by atoms with Crippen molar-refractivity contribution in [2.24, 2.45) is 23.2 Å². The predicted octanol–water partition coefficient (Wildman–Crippen LogP) is 3.20. The van der Waals surface area contributed by atoms with E-state index < -0.39 is 0 Å². The average Bonchev–Trinajstić information content (AvgIpc) is 3.02. The first-order valence-corrected chi connectivity index (χ1v) is 7.17. The lowest BCUT2D eigenvalue weighted by atomic mass is 9.52. The molecule has 0 aromatic carbocycles. The fourth-order valence-corrected chi connectivity index (χ4v) is 4.33. The number of ketones is 1. The second-order valence-electron chi connectivity index (χ2n) is 6.91. The van der Waals surface area contributed by atoms with Gasteiger partial charge in [0.15, 0.2) is 0 Å². The standard InChI is InChI=1S/C15H24O2/c1-10-5-4-6-11-7-8-12(14(2)9-17-14)13(16)15(10,11)3/h10-12H,4-9H2,1-3H3/t10-,11+,12-,14?,15+/m0/s1. The molecule has 17 heavy (non-hydrogen) atoms. The maximum atomic E-state index is 12.9. The molecule has 0 radical (unpaired) electrons. The van der Waals surface area contributed by atoms with Crippen LogP contribution >= 0.6 is 0 Å². The number of hydrogen-bond acceptors (Lipinski definition) is 2. The molecule has 1 heterocycles. The van der Waals surface area contributed by atoms with Gasteiger partial charge in [-0.25, -0.2) is 0 Å². The van der Waals surface area contributed by atoms with Gasteiger partial charge in [-0.3, -0.25) is 4.79 Å². The maximum absolute atomic E-state index is 12.9. The lowest BCUT2D eigenvalue weighted by Crippen LogP contribution is -2.53. The third-order valence-electron chi connectivity index (χ3n) is 6.05.